The highest BCUT2D eigenvalue weighted by Crippen LogP contribution is 2.48. The van der Waals surface area contributed by atoms with Gasteiger partial charge in [-0.2, -0.15) is 0 Å². The van der Waals surface area contributed by atoms with Gasteiger partial charge in [0.05, 0.1) is 0 Å². The monoisotopic (exact) mass is 258 g/mol. The van der Waals surface area contributed by atoms with Gasteiger partial charge in [-0.1, -0.05) is 44.2 Å². The Hall–Kier alpha value is -0.860. The number of hydrogen-bond acceptors (Lipinski definition) is 2. The minimum Gasteiger partial charge on any atom is -0.312 e. The Morgan fingerprint density at radius 1 is 1.26 bits per heavy atom. The van der Waals surface area contributed by atoms with Crippen LogP contribution in [-0.4, -0.2) is 36.6 Å². The molecule has 19 heavy (non-hydrogen) atoms. The maximum absolute atomic E-state index is 3.73. The lowest BCUT2D eigenvalue weighted by Gasteiger charge is -2.26. The maximum atomic E-state index is 3.73. The van der Waals surface area contributed by atoms with Gasteiger partial charge in [-0.05, 0) is 43.3 Å². The molecule has 0 amide bonds. The van der Waals surface area contributed by atoms with Crippen molar-refractivity contribution in [1.82, 2.24) is 10.2 Å². The Morgan fingerprint density at radius 2 is 2.00 bits per heavy atom. The average Bonchev–Trinajstić information content (AvgIpc) is 3.08. The Kier molecular flexibility index (Phi) is 3.64. The van der Waals surface area contributed by atoms with E-state index in [2.05, 4.69) is 54.4 Å². The normalized spacial score (nSPS) is 30.8. The first-order valence-corrected chi connectivity index (χ1v) is 7.66. The van der Waals surface area contributed by atoms with Crippen molar-refractivity contribution in [3.8, 4) is 0 Å². The van der Waals surface area contributed by atoms with Crippen LogP contribution in [0.15, 0.2) is 30.3 Å². The van der Waals surface area contributed by atoms with Crippen LogP contribution in [-0.2, 0) is 6.42 Å². The largest absolute Gasteiger partial charge is 0.312 e. The molecule has 3 rings (SSSR count). The van der Waals surface area contributed by atoms with E-state index < -0.39 is 0 Å². The highest BCUT2D eigenvalue weighted by Gasteiger charge is 2.49. The first-order valence-electron chi connectivity index (χ1n) is 7.66. The summed E-state index contributed by atoms with van der Waals surface area (Å²) in [6.45, 7) is 8.46. The van der Waals surface area contributed by atoms with Crippen LogP contribution < -0.4 is 5.32 Å². The molecule has 104 valence electrons. The van der Waals surface area contributed by atoms with E-state index in [4.69, 9.17) is 0 Å². The lowest BCUT2D eigenvalue weighted by atomic mass is 10.1. The molecule has 2 nitrogen and oxygen atoms in total. The molecule has 1 aromatic rings. The molecular formula is C17H26N2. The van der Waals surface area contributed by atoms with Crippen molar-refractivity contribution in [1.29, 1.82) is 0 Å². The lowest BCUT2D eigenvalue weighted by Crippen LogP contribution is -2.41. The molecule has 0 bridgehead atoms. The van der Waals surface area contributed by atoms with Gasteiger partial charge in [0.1, 0.15) is 0 Å². The van der Waals surface area contributed by atoms with Gasteiger partial charge in [-0.15, -0.1) is 0 Å². The van der Waals surface area contributed by atoms with Crippen molar-refractivity contribution < 1.29 is 0 Å². The number of rotatable bonds is 3. The van der Waals surface area contributed by atoms with Gasteiger partial charge in [-0.25, -0.2) is 0 Å². The highest BCUT2D eigenvalue weighted by molar-refractivity contribution is 5.16. The van der Waals surface area contributed by atoms with Crippen molar-refractivity contribution in [2.75, 3.05) is 19.6 Å². The molecule has 1 aliphatic carbocycles. The van der Waals surface area contributed by atoms with Gasteiger partial charge >= 0.3 is 0 Å². The van der Waals surface area contributed by atoms with Crippen LogP contribution in [0, 0.1) is 5.41 Å². The van der Waals surface area contributed by atoms with E-state index >= 15 is 0 Å². The predicted molar refractivity (Wildman–Crippen MR) is 80.3 cm³/mol. The SMILES string of the molecule is CC1(C)CC1N1CCCNC(Cc2ccccc2)C1. The van der Waals surface area contributed by atoms with Crippen LogP contribution in [0.5, 0.6) is 0 Å². The lowest BCUT2D eigenvalue weighted by molar-refractivity contribution is 0.230. The summed E-state index contributed by atoms with van der Waals surface area (Å²) >= 11 is 0. The van der Waals surface area contributed by atoms with Crippen LogP contribution in [0.2, 0.25) is 0 Å². The highest BCUT2D eigenvalue weighted by atomic mass is 15.2. The molecule has 1 aromatic carbocycles. The van der Waals surface area contributed by atoms with Crippen LogP contribution in [0.1, 0.15) is 32.3 Å². The van der Waals surface area contributed by atoms with Crippen LogP contribution in [0.4, 0.5) is 0 Å². The zero-order valence-electron chi connectivity index (χ0n) is 12.2. The molecule has 2 heteroatoms. The summed E-state index contributed by atoms with van der Waals surface area (Å²) in [7, 11) is 0. The maximum Gasteiger partial charge on any atom is 0.0235 e. The van der Waals surface area contributed by atoms with Gasteiger partial charge in [0.2, 0.25) is 0 Å². The third-order valence-corrected chi connectivity index (χ3v) is 4.74. The van der Waals surface area contributed by atoms with Gasteiger partial charge in [0.15, 0.2) is 0 Å². The Balaban J connectivity index is 1.62. The van der Waals surface area contributed by atoms with Crippen LogP contribution >= 0.6 is 0 Å². The van der Waals surface area contributed by atoms with E-state index in [1.807, 2.05) is 0 Å². The van der Waals surface area contributed by atoms with Crippen molar-refractivity contribution in [2.45, 2.75) is 45.2 Å². The second-order valence-electron chi connectivity index (χ2n) is 6.90. The van der Waals surface area contributed by atoms with Gasteiger partial charge in [0.25, 0.3) is 0 Å². The van der Waals surface area contributed by atoms with Crippen molar-refractivity contribution in [3.05, 3.63) is 35.9 Å². The molecule has 1 saturated heterocycles. The second kappa shape index (κ2) is 5.26. The molecule has 1 aliphatic heterocycles. The number of nitrogens with zero attached hydrogens (tertiary/aromatic N) is 1. The molecule has 2 aliphatic rings. The zero-order valence-corrected chi connectivity index (χ0v) is 12.2. The van der Waals surface area contributed by atoms with Gasteiger partial charge in [0, 0.05) is 18.6 Å². The second-order valence-corrected chi connectivity index (χ2v) is 6.90. The van der Waals surface area contributed by atoms with E-state index in [1.54, 1.807) is 0 Å². The van der Waals surface area contributed by atoms with Crippen molar-refractivity contribution in [3.63, 3.8) is 0 Å². The first kappa shape index (κ1) is 13.1. The third kappa shape index (κ3) is 3.18. The number of nitrogens with one attached hydrogen (secondary N) is 1. The minimum absolute atomic E-state index is 0.557. The summed E-state index contributed by atoms with van der Waals surface area (Å²) in [5.74, 6) is 0. The fourth-order valence-electron chi connectivity index (χ4n) is 3.41. The van der Waals surface area contributed by atoms with E-state index in [0.29, 0.717) is 11.5 Å². The Bertz CT molecular complexity index is 413. The fourth-order valence-corrected chi connectivity index (χ4v) is 3.41. The number of benzene rings is 1. The van der Waals surface area contributed by atoms with Crippen molar-refractivity contribution >= 4 is 0 Å². The smallest absolute Gasteiger partial charge is 0.0235 e. The summed E-state index contributed by atoms with van der Waals surface area (Å²) in [5, 5.41) is 3.73. The molecule has 2 atom stereocenters. The fraction of sp³-hybridized carbons (Fsp3) is 0.647. The summed E-state index contributed by atoms with van der Waals surface area (Å²) in [5.41, 5.74) is 2.01. The summed E-state index contributed by atoms with van der Waals surface area (Å²) in [4.78, 5) is 2.73. The molecule has 2 unspecified atom stereocenters. The van der Waals surface area contributed by atoms with Crippen LogP contribution in [0.3, 0.4) is 0 Å². The summed E-state index contributed by atoms with van der Waals surface area (Å²) in [6.07, 6.45) is 3.83. The van der Waals surface area contributed by atoms with Crippen molar-refractivity contribution in [2.24, 2.45) is 5.41 Å². The van der Waals surface area contributed by atoms with Crippen LogP contribution in [0.25, 0.3) is 0 Å². The topological polar surface area (TPSA) is 15.3 Å². The van der Waals surface area contributed by atoms with E-state index in [0.717, 1.165) is 12.5 Å². The van der Waals surface area contributed by atoms with Gasteiger partial charge in [-0.3, -0.25) is 4.90 Å². The molecular weight excluding hydrogens is 232 g/mol. The quantitative estimate of drug-likeness (QED) is 0.897. The predicted octanol–water partition coefficient (Wildman–Crippen LogP) is 2.69. The summed E-state index contributed by atoms with van der Waals surface area (Å²) < 4.78 is 0. The average molecular weight is 258 g/mol. The number of hydrogen-bond donors (Lipinski definition) is 1. The van der Waals surface area contributed by atoms with Gasteiger partial charge < -0.3 is 5.32 Å². The standard InChI is InChI=1S/C17H26N2/c1-17(2)12-16(17)19-10-6-9-18-15(13-19)11-14-7-4-3-5-8-14/h3-5,7-8,15-16,18H,6,9-13H2,1-2H3. The Morgan fingerprint density at radius 3 is 2.68 bits per heavy atom. The minimum atomic E-state index is 0.557. The van der Waals surface area contributed by atoms with E-state index in [-0.39, 0.29) is 0 Å². The third-order valence-electron chi connectivity index (χ3n) is 4.74. The Labute approximate surface area is 117 Å². The molecule has 0 radical (unpaired) electrons. The molecule has 1 heterocycles. The van der Waals surface area contributed by atoms with E-state index in [1.165, 1.54) is 38.0 Å². The van der Waals surface area contributed by atoms with E-state index in [9.17, 15) is 0 Å². The first-order chi connectivity index (χ1) is 9.15. The zero-order chi connectivity index (χ0) is 13.3. The molecule has 1 saturated carbocycles. The molecule has 0 aromatic heterocycles. The molecule has 0 spiro atoms. The molecule has 1 N–H and O–H groups in total. The summed E-state index contributed by atoms with van der Waals surface area (Å²) in [6, 6.07) is 12.3. The molecule has 2 fully saturated rings.